The van der Waals surface area contributed by atoms with E-state index in [9.17, 15) is 8.78 Å². The van der Waals surface area contributed by atoms with Crippen molar-refractivity contribution < 1.29 is 13.5 Å². The molecule has 88 valence electrons. The smallest absolute Gasteiger partial charge is 0.387 e. The molecule has 2 rings (SSSR count). The third kappa shape index (κ3) is 3.27. The molecular weight excluding hydrogens is 232 g/mol. The molecule has 1 saturated heterocycles. The molecule has 0 saturated carbocycles. The molecule has 0 amide bonds. The Hall–Kier alpha value is -0.970. The zero-order chi connectivity index (χ0) is 11.4. The van der Waals surface area contributed by atoms with Gasteiger partial charge in [0.05, 0.1) is 0 Å². The van der Waals surface area contributed by atoms with Gasteiger partial charge >= 0.3 is 6.61 Å². The summed E-state index contributed by atoms with van der Waals surface area (Å²) in [4.78, 5) is 0. The van der Waals surface area contributed by atoms with Crippen LogP contribution in [0.2, 0.25) is 0 Å². The van der Waals surface area contributed by atoms with Crippen LogP contribution in [0.5, 0.6) is 5.75 Å². The molecule has 1 aliphatic heterocycles. The van der Waals surface area contributed by atoms with Gasteiger partial charge in [-0.2, -0.15) is 20.5 Å². The fourth-order valence-electron chi connectivity index (χ4n) is 1.65. The minimum atomic E-state index is -2.77. The Kier molecular flexibility index (Phi) is 3.88. The minimum absolute atomic E-state index is 0.200. The van der Waals surface area contributed by atoms with Crippen LogP contribution < -0.4 is 10.1 Å². The van der Waals surface area contributed by atoms with Gasteiger partial charge in [-0.05, 0) is 24.3 Å². The van der Waals surface area contributed by atoms with Crippen molar-refractivity contribution in [3.8, 4) is 5.75 Å². The highest BCUT2D eigenvalue weighted by molar-refractivity contribution is 7.99. The summed E-state index contributed by atoms with van der Waals surface area (Å²) in [5.74, 6) is 2.43. The van der Waals surface area contributed by atoms with Gasteiger partial charge in [-0.3, -0.25) is 0 Å². The van der Waals surface area contributed by atoms with Crippen molar-refractivity contribution in [1.82, 2.24) is 0 Å². The standard InChI is InChI=1S/C11H13F2NOS/c12-11(13)15-10-3-1-2-8(6-10)14-9-4-5-16-7-9/h1-3,6,9,11,14H,4-5,7H2. The van der Waals surface area contributed by atoms with Crippen LogP contribution in [0.25, 0.3) is 0 Å². The van der Waals surface area contributed by atoms with E-state index >= 15 is 0 Å². The number of ether oxygens (including phenoxy) is 1. The van der Waals surface area contributed by atoms with E-state index in [1.165, 1.54) is 6.07 Å². The van der Waals surface area contributed by atoms with Gasteiger partial charge < -0.3 is 10.1 Å². The molecule has 1 fully saturated rings. The van der Waals surface area contributed by atoms with E-state index in [0.29, 0.717) is 6.04 Å². The molecule has 0 radical (unpaired) electrons. The average Bonchev–Trinajstić information content (AvgIpc) is 2.70. The van der Waals surface area contributed by atoms with Gasteiger partial charge in [-0.1, -0.05) is 6.07 Å². The van der Waals surface area contributed by atoms with Crippen LogP contribution in [-0.4, -0.2) is 24.2 Å². The van der Waals surface area contributed by atoms with Crippen molar-refractivity contribution in [2.45, 2.75) is 19.1 Å². The summed E-state index contributed by atoms with van der Waals surface area (Å²) in [6.07, 6.45) is 1.12. The van der Waals surface area contributed by atoms with Crippen LogP contribution in [0.1, 0.15) is 6.42 Å². The predicted molar refractivity (Wildman–Crippen MR) is 62.4 cm³/mol. The maximum Gasteiger partial charge on any atom is 0.387 e. The van der Waals surface area contributed by atoms with Gasteiger partial charge in [-0.15, -0.1) is 0 Å². The molecule has 1 aromatic rings. The van der Waals surface area contributed by atoms with E-state index in [2.05, 4.69) is 10.1 Å². The highest BCUT2D eigenvalue weighted by Gasteiger charge is 2.15. The van der Waals surface area contributed by atoms with Crippen LogP contribution >= 0.6 is 11.8 Å². The first-order chi connectivity index (χ1) is 7.74. The molecule has 0 spiro atoms. The molecule has 1 aliphatic rings. The van der Waals surface area contributed by atoms with Gasteiger partial charge in [0.15, 0.2) is 0 Å². The summed E-state index contributed by atoms with van der Waals surface area (Å²) < 4.78 is 28.4. The van der Waals surface area contributed by atoms with E-state index in [0.717, 1.165) is 23.6 Å². The van der Waals surface area contributed by atoms with Gasteiger partial charge in [0.25, 0.3) is 0 Å². The van der Waals surface area contributed by atoms with E-state index in [-0.39, 0.29) is 5.75 Å². The lowest BCUT2D eigenvalue weighted by Gasteiger charge is -2.13. The monoisotopic (exact) mass is 245 g/mol. The molecule has 2 nitrogen and oxygen atoms in total. The minimum Gasteiger partial charge on any atom is -0.435 e. The summed E-state index contributed by atoms with van der Waals surface area (Å²) in [5, 5.41) is 3.31. The summed E-state index contributed by atoms with van der Waals surface area (Å²) in [7, 11) is 0. The quantitative estimate of drug-likeness (QED) is 0.880. The first-order valence-electron chi connectivity index (χ1n) is 5.13. The van der Waals surface area contributed by atoms with Crippen LogP contribution in [-0.2, 0) is 0 Å². The fourth-order valence-corrected chi connectivity index (χ4v) is 2.80. The molecule has 0 aliphatic carbocycles. The Labute approximate surface area is 97.4 Å². The summed E-state index contributed by atoms with van der Waals surface area (Å²) >= 11 is 1.90. The molecule has 1 atom stereocenters. The number of hydrogen-bond acceptors (Lipinski definition) is 3. The summed E-state index contributed by atoms with van der Waals surface area (Å²) in [5.41, 5.74) is 0.839. The van der Waals surface area contributed by atoms with Crippen LogP contribution in [0.15, 0.2) is 24.3 Å². The normalized spacial score (nSPS) is 20.1. The zero-order valence-corrected chi connectivity index (χ0v) is 9.47. The molecule has 0 bridgehead atoms. The first-order valence-corrected chi connectivity index (χ1v) is 6.28. The second kappa shape index (κ2) is 5.39. The molecule has 1 unspecified atom stereocenters. The molecule has 1 heterocycles. The van der Waals surface area contributed by atoms with Crippen LogP contribution in [0.4, 0.5) is 14.5 Å². The highest BCUT2D eigenvalue weighted by atomic mass is 32.2. The highest BCUT2D eigenvalue weighted by Crippen LogP contribution is 2.24. The van der Waals surface area contributed by atoms with Crippen molar-refractivity contribution in [1.29, 1.82) is 0 Å². The second-order valence-electron chi connectivity index (χ2n) is 3.61. The molecule has 5 heteroatoms. The number of thioether (sulfide) groups is 1. The van der Waals surface area contributed by atoms with E-state index in [4.69, 9.17) is 0 Å². The lowest BCUT2D eigenvalue weighted by Crippen LogP contribution is -2.17. The number of alkyl halides is 2. The number of rotatable bonds is 4. The average molecular weight is 245 g/mol. The molecular formula is C11H13F2NOS. The van der Waals surface area contributed by atoms with E-state index in [1.54, 1.807) is 12.1 Å². The molecule has 1 N–H and O–H groups in total. The van der Waals surface area contributed by atoms with Crippen molar-refractivity contribution in [2.75, 3.05) is 16.8 Å². The van der Waals surface area contributed by atoms with E-state index in [1.807, 2.05) is 17.8 Å². The third-order valence-electron chi connectivity index (χ3n) is 2.36. The van der Waals surface area contributed by atoms with Gasteiger partial charge in [-0.25, -0.2) is 0 Å². The van der Waals surface area contributed by atoms with Gasteiger partial charge in [0.1, 0.15) is 5.75 Å². The van der Waals surface area contributed by atoms with Crippen molar-refractivity contribution in [3.63, 3.8) is 0 Å². The molecule has 0 aromatic heterocycles. The lowest BCUT2D eigenvalue weighted by atomic mass is 10.2. The van der Waals surface area contributed by atoms with Crippen LogP contribution in [0, 0.1) is 0 Å². The Balaban J connectivity index is 1.97. The maximum absolute atomic E-state index is 12.0. The number of hydrogen-bond donors (Lipinski definition) is 1. The largest absolute Gasteiger partial charge is 0.435 e. The van der Waals surface area contributed by atoms with Crippen LogP contribution in [0.3, 0.4) is 0 Å². The molecule has 16 heavy (non-hydrogen) atoms. The first kappa shape index (κ1) is 11.5. The number of halogens is 2. The second-order valence-corrected chi connectivity index (χ2v) is 4.76. The summed E-state index contributed by atoms with van der Waals surface area (Å²) in [6, 6.07) is 7.14. The molecule has 1 aromatic carbocycles. The number of anilines is 1. The van der Waals surface area contributed by atoms with Gasteiger partial charge in [0, 0.05) is 23.5 Å². The van der Waals surface area contributed by atoms with Gasteiger partial charge in [0.2, 0.25) is 0 Å². The SMILES string of the molecule is FC(F)Oc1cccc(NC2CCSC2)c1. The lowest BCUT2D eigenvalue weighted by molar-refractivity contribution is -0.0498. The summed E-state index contributed by atoms with van der Waals surface area (Å²) in [6.45, 7) is -2.77. The van der Waals surface area contributed by atoms with E-state index < -0.39 is 6.61 Å². The van der Waals surface area contributed by atoms with Crippen molar-refractivity contribution in [2.24, 2.45) is 0 Å². The third-order valence-corrected chi connectivity index (χ3v) is 3.52. The zero-order valence-electron chi connectivity index (χ0n) is 8.66. The topological polar surface area (TPSA) is 21.3 Å². The fraction of sp³-hybridized carbons (Fsp3) is 0.455. The van der Waals surface area contributed by atoms with Crippen molar-refractivity contribution >= 4 is 17.4 Å². The Bertz CT molecular complexity index is 343. The number of benzene rings is 1. The maximum atomic E-state index is 12.0. The predicted octanol–water partition coefficient (Wildman–Crippen LogP) is 3.21. The Morgan fingerprint density at radius 2 is 2.31 bits per heavy atom. The Morgan fingerprint density at radius 1 is 1.44 bits per heavy atom. The number of nitrogens with one attached hydrogen (secondary N) is 1. The Morgan fingerprint density at radius 3 is 3.00 bits per heavy atom. The van der Waals surface area contributed by atoms with Crippen molar-refractivity contribution in [3.05, 3.63) is 24.3 Å².